The molecule has 0 aromatic carbocycles. The van der Waals surface area contributed by atoms with Crippen LogP contribution in [0, 0.1) is 0 Å². The highest BCUT2D eigenvalue weighted by molar-refractivity contribution is 5.81. The van der Waals surface area contributed by atoms with E-state index >= 15 is 0 Å². The molecule has 5 nitrogen and oxygen atoms in total. The first-order chi connectivity index (χ1) is 8.27. The monoisotopic (exact) mass is 244 g/mol. The van der Waals surface area contributed by atoms with Crippen LogP contribution >= 0.6 is 0 Å². The lowest BCUT2D eigenvalue weighted by atomic mass is 10.0. The Bertz CT molecular complexity index is 212. The molecule has 17 heavy (non-hydrogen) atoms. The van der Waals surface area contributed by atoms with Crippen LogP contribution in [0.25, 0.3) is 0 Å². The number of amides is 1. The average Bonchev–Trinajstić information content (AvgIpc) is 2.37. The van der Waals surface area contributed by atoms with Crippen LogP contribution in [-0.4, -0.2) is 44.5 Å². The molecule has 0 bridgehead atoms. The number of hydrogen-bond donors (Lipinski definition) is 2. The van der Waals surface area contributed by atoms with Crippen molar-refractivity contribution in [3.05, 3.63) is 0 Å². The van der Waals surface area contributed by atoms with Crippen LogP contribution in [0.3, 0.4) is 0 Å². The van der Waals surface area contributed by atoms with Crippen molar-refractivity contribution in [1.82, 2.24) is 10.6 Å². The van der Waals surface area contributed by atoms with Gasteiger partial charge in [-0.3, -0.25) is 4.79 Å². The largest absolute Gasteiger partial charge is 0.351 e. The van der Waals surface area contributed by atoms with Crippen molar-refractivity contribution in [1.29, 1.82) is 0 Å². The minimum absolute atomic E-state index is 0.0485. The Balaban J connectivity index is 2.24. The molecule has 1 fully saturated rings. The maximum atomic E-state index is 11.8. The molecular weight excluding hydrogens is 220 g/mol. The molecule has 1 heterocycles. The summed E-state index contributed by atoms with van der Waals surface area (Å²) in [6, 6.07) is -0.0485. The molecule has 0 spiro atoms. The van der Waals surface area contributed by atoms with E-state index in [0.29, 0.717) is 19.8 Å². The quantitative estimate of drug-likeness (QED) is 0.645. The SMILES string of the molecule is CCOC(CNC(=O)[C@H]1CCCCN1)OCC. The van der Waals surface area contributed by atoms with Gasteiger partial charge in [-0.1, -0.05) is 6.42 Å². The smallest absolute Gasteiger partial charge is 0.237 e. The molecule has 1 atom stereocenters. The summed E-state index contributed by atoms with van der Waals surface area (Å²) in [5, 5.41) is 6.08. The summed E-state index contributed by atoms with van der Waals surface area (Å²) in [6.07, 6.45) is 2.85. The van der Waals surface area contributed by atoms with E-state index in [9.17, 15) is 4.79 Å². The zero-order chi connectivity index (χ0) is 12.5. The van der Waals surface area contributed by atoms with Crippen molar-refractivity contribution in [2.24, 2.45) is 0 Å². The summed E-state index contributed by atoms with van der Waals surface area (Å²) in [6.45, 7) is 6.34. The van der Waals surface area contributed by atoms with Gasteiger partial charge in [0.05, 0.1) is 12.6 Å². The maximum Gasteiger partial charge on any atom is 0.237 e. The van der Waals surface area contributed by atoms with Crippen LogP contribution in [-0.2, 0) is 14.3 Å². The van der Waals surface area contributed by atoms with Gasteiger partial charge in [-0.15, -0.1) is 0 Å². The van der Waals surface area contributed by atoms with Gasteiger partial charge in [0.1, 0.15) is 0 Å². The molecular formula is C12H24N2O3. The highest BCUT2D eigenvalue weighted by Gasteiger charge is 2.21. The predicted octanol–water partition coefficient (Wildman–Crippen LogP) is 0.644. The highest BCUT2D eigenvalue weighted by atomic mass is 16.7. The molecule has 1 rings (SSSR count). The molecule has 5 heteroatoms. The third-order valence-electron chi connectivity index (χ3n) is 2.77. The fourth-order valence-electron chi connectivity index (χ4n) is 1.92. The molecule has 0 radical (unpaired) electrons. The molecule has 100 valence electrons. The van der Waals surface area contributed by atoms with Crippen molar-refractivity contribution in [3.63, 3.8) is 0 Å². The van der Waals surface area contributed by atoms with Crippen LogP contribution < -0.4 is 10.6 Å². The molecule has 0 saturated carbocycles. The first kappa shape index (κ1) is 14.4. The van der Waals surface area contributed by atoms with E-state index in [4.69, 9.17) is 9.47 Å². The van der Waals surface area contributed by atoms with Crippen LogP contribution in [0.4, 0.5) is 0 Å². The van der Waals surface area contributed by atoms with Crippen molar-refractivity contribution >= 4 is 5.91 Å². The van der Waals surface area contributed by atoms with Gasteiger partial charge in [0.25, 0.3) is 0 Å². The van der Waals surface area contributed by atoms with Crippen molar-refractivity contribution in [2.45, 2.75) is 45.4 Å². The van der Waals surface area contributed by atoms with Gasteiger partial charge < -0.3 is 20.1 Å². The fourth-order valence-corrected chi connectivity index (χ4v) is 1.92. The second kappa shape index (κ2) is 8.44. The molecule has 1 aliphatic heterocycles. The van der Waals surface area contributed by atoms with Crippen LogP contribution in [0.15, 0.2) is 0 Å². The number of nitrogens with one attached hydrogen (secondary N) is 2. The normalized spacial score (nSPS) is 20.5. The summed E-state index contributed by atoms with van der Waals surface area (Å²) in [5.41, 5.74) is 0. The van der Waals surface area contributed by atoms with Crippen molar-refractivity contribution in [3.8, 4) is 0 Å². The second-order valence-corrected chi connectivity index (χ2v) is 4.09. The lowest BCUT2D eigenvalue weighted by molar-refractivity contribution is -0.141. The van der Waals surface area contributed by atoms with E-state index in [2.05, 4.69) is 10.6 Å². The molecule has 2 N–H and O–H groups in total. The number of ether oxygens (including phenoxy) is 2. The van der Waals surface area contributed by atoms with Crippen molar-refractivity contribution < 1.29 is 14.3 Å². The fraction of sp³-hybridized carbons (Fsp3) is 0.917. The lowest BCUT2D eigenvalue weighted by Gasteiger charge is -2.24. The first-order valence-electron chi connectivity index (χ1n) is 6.52. The highest BCUT2D eigenvalue weighted by Crippen LogP contribution is 2.06. The number of carbonyl (C=O) groups is 1. The molecule has 0 unspecified atom stereocenters. The molecule has 1 aliphatic rings. The summed E-state index contributed by atoms with van der Waals surface area (Å²) in [5.74, 6) is 0.0501. The summed E-state index contributed by atoms with van der Waals surface area (Å²) < 4.78 is 10.7. The van der Waals surface area contributed by atoms with Gasteiger partial charge in [-0.25, -0.2) is 0 Å². The maximum absolute atomic E-state index is 11.8. The van der Waals surface area contributed by atoms with Gasteiger partial charge in [0.2, 0.25) is 5.91 Å². The average molecular weight is 244 g/mol. The molecule has 1 amide bonds. The topological polar surface area (TPSA) is 59.6 Å². The zero-order valence-corrected chi connectivity index (χ0v) is 10.8. The zero-order valence-electron chi connectivity index (χ0n) is 10.8. The van der Waals surface area contributed by atoms with Gasteiger partial charge >= 0.3 is 0 Å². The molecule has 0 aromatic heterocycles. The Morgan fingerprint density at radius 3 is 2.59 bits per heavy atom. The van der Waals surface area contributed by atoms with E-state index in [1.54, 1.807) is 0 Å². The molecule has 0 aromatic rings. The van der Waals surface area contributed by atoms with E-state index in [1.807, 2.05) is 13.8 Å². The Hall–Kier alpha value is -0.650. The number of carbonyl (C=O) groups excluding carboxylic acids is 1. The lowest BCUT2D eigenvalue weighted by Crippen LogP contribution is -2.48. The van der Waals surface area contributed by atoms with E-state index in [1.165, 1.54) is 0 Å². The third-order valence-corrected chi connectivity index (χ3v) is 2.77. The number of hydrogen-bond acceptors (Lipinski definition) is 4. The summed E-state index contributed by atoms with van der Waals surface area (Å²) >= 11 is 0. The van der Waals surface area contributed by atoms with E-state index < -0.39 is 0 Å². The minimum atomic E-state index is -0.336. The van der Waals surface area contributed by atoms with Crippen LogP contribution in [0.2, 0.25) is 0 Å². The van der Waals surface area contributed by atoms with Gasteiger partial charge in [-0.05, 0) is 33.2 Å². The van der Waals surface area contributed by atoms with E-state index in [0.717, 1.165) is 25.8 Å². The molecule has 1 saturated heterocycles. The number of rotatable bonds is 7. The Morgan fingerprint density at radius 1 is 1.35 bits per heavy atom. The Morgan fingerprint density at radius 2 is 2.06 bits per heavy atom. The Labute approximate surface area is 103 Å². The van der Waals surface area contributed by atoms with Gasteiger partial charge in [0.15, 0.2) is 6.29 Å². The Kier molecular flexibility index (Phi) is 7.16. The standard InChI is InChI=1S/C12H24N2O3/c1-3-16-11(17-4-2)9-14-12(15)10-7-5-6-8-13-10/h10-11,13H,3-9H2,1-2H3,(H,14,15)/t10-/m1/s1. The van der Waals surface area contributed by atoms with Crippen LogP contribution in [0.1, 0.15) is 33.1 Å². The number of piperidine rings is 1. The van der Waals surface area contributed by atoms with Crippen LogP contribution in [0.5, 0.6) is 0 Å². The molecule has 0 aliphatic carbocycles. The predicted molar refractivity (Wildman–Crippen MR) is 65.7 cm³/mol. The summed E-state index contributed by atoms with van der Waals surface area (Å²) in [4.78, 5) is 11.8. The van der Waals surface area contributed by atoms with Crippen molar-refractivity contribution in [2.75, 3.05) is 26.3 Å². The third kappa shape index (κ3) is 5.48. The van der Waals surface area contributed by atoms with Gasteiger partial charge in [-0.2, -0.15) is 0 Å². The van der Waals surface area contributed by atoms with E-state index in [-0.39, 0.29) is 18.2 Å². The minimum Gasteiger partial charge on any atom is -0.351 e. The summed E-state index contributed by atoms with van der Waals surface area (Å²) in [7, 11) is 0. The van der Waals surface area contributed by atoms with Gasteiger partial charge in [0, 0.05) is 13.2 Å². The second-order valence-electron chi connectivity index (χ2n) is 4.09. The first-order valence-corrected chi connectivity index (χ1v) is 6.52.